The van der Waals surface area contributed by atoms with E-state index in [1.165, 1.54) is 4.90 Å². The van der Waals surface area contributed by atoms with Gasteiger partial charge in [0, 0.05) is 19.4 Å². The maximum Gasteiger partial charge on any atom is 0.407 e. The van der Waals surface area contributed by atoms with Crippen molar-refractivity contribution in [3.63, 3.8) is 0 Å². The van der Waals surface area contributed by atoms with Crippen LogP contribution in [-0.2, 0) is 53.2 Å². The monoisotopic (exact) mass is 628 g/mol. The number of ketones is 1. The molecule has 3 aromatic rings. The van der Waals surface area contributed by atoms with Gasteiger partial charge in [-0.25, -0.2) is 4.79 Å². The molecule has 3 aromatic carbocycles. The quantitative estimate of drug-likeness (QED) is 0.181. The Bertz CT molecular complexity index is 1470. The van der Waals surface area contributed by atoms with Gasteiger partial charge in [-0.05, 0) is 42.9 Å². The van der Waals surface area contributed by atoms with Crippen molar-refractivity contribution in [1.29, 1.82) is 0 Å². The van der Waals surface area contributed by atoms with Crippen LogP contribution >= 0.6 is 0 Å². The normalized spacial score (nSPS) is 16.2. The van der Waals surface area contributed by atoms with E-state index in [4.69, 9.17) is 14.2 Å². The molecular weight excluding hydrogens is 588 g/mol. The average Bonchev–Trinajstić information content (AvgIpc) is 3.50. The number of ether oxygens (including phenoxy) is 3. The molecule has 1 heterocycles. The number of carbonyl (C=O) groups excluding carboxylic acids is 5. The third-order valence-corrected chi connectivity index (χ3v) is 8.07. The van der Waals surface area contributed by atoms with Gasteiger partial charge in [-0.15, -0.1) is 0 Å². The number of carbonyl (C=O) groups is 5. The summed E-state index contributed by atoms with van der Waals surface area (Å²) >= 11 is 0. The highest BCUT2D eigenvalue weighted by molar-refractivity contribution is 5.96. The van der Waals surface area contributed by atoms with Crippen molar-refractivity contribution < 1.29 is 38.2 Å². The Hall–Kier alpha value is -4.99. The molecule has 1 aliphatic heterocycles. The van der Waals surface area contributed by atoms with Crippen molar-refractivity contribution >= 4 is 29.7 Å². The molecule has 1 fully saturated rings. The van der Waals surface area contributed by atoms with Crippen molar-refractivity contribution in [2.75, 3.05) is 13.1 Å². The second-order valence-corrected chi connectivity index (χ2v) is 11.4. The maximum absolute atomic E-state index is 13.8. The molecule has 0 aliphatic carbocycles. The number of benzene rings is 3. The SMILES string of the molecule is C[C@@]1(C(=O)C[C@@H](CCC(=O)OCc2ccccc2)C(=O)OCc2ccccc2)CCCN1C(=O)CNC(=O)OCc1ccccc1. The molecule has 4 rings (SSSR count). The summed E-state index contributed by atoms with van der Waals surface area (Å²) in [7, 11) is 0. The van der Waals surface area contributed by atoms with Gasteiger partial charge in [0.1, 0.15) is 26.4 Å². The Balaban J connectivity index is 1.34. The van der Waals surface area contributed by atoms with Crippen LogP contribution in [0.3, 0.4) is 0 Å². The molecule has 0 radical (unpaired) electrons. The predicted molar refractivity (Wildman–Crippen MR) is 169 cm³/mol. The number of hydrogen-bond donors (Lipinski definition) is 1. The van der Waals surface area contributed by atoms with E-state index >= 15 is 0 Å². The highest BCUT2D eigenvalue weighted by Crippen LogP contribution is 2.33. The molecule has 46 heavy (non-hydrogen) atoms. The van der Waals surface area contributed by atoms with Gasteiger partial charge in [-0.1, -0.05) is 91.0 Å². The smallest absolute Gasteiger partial charge is 0.407 e. The highest BCUT2D eigenvalue weighted by Gasteiger charge is 2.46. The number of alkyl carbamates (subject to hydrolysis) is 1. The Labute approximate surface area is 269 Å². The van der Waals surface area contributed by atoms with Gasteiger partial charge in [-0.3, -0.25) is 19.2 Å². The van der Waals surface area contributed by atoms with Crippen molar-refractivity contribution in [3.05, 3.63) is 108 Å². The van der Waals surface area contributed by atoms with Crippen LogP contribution in [0.4, 0.5) is 4.79 Å². The second kappa shape index (κ2) is 16.9. The number of esters is 2. The molecule has 0 bridgehead atoms. The summed E-state index contributed by atoms with van der Waals surface area (Å²) in [5.74, 6) is -2.76. The van der Waals surface area contributed by atoms with E-state index in [-0.39, 0.29) is 51.4 Å². The summed E-state index contributed by atoms with van der Waals surface area (Å²) in [5.41, 5.74) is 1.25. The van der Waals surface area contributed by atoms with Crippen molar-refractivity contribution in [3.8, 4) is 0 Å². The predicted octanol–water partition coefficient (Wildman–Crippen LogP) is 5.14. The zero-order valence-electron chi connectivity index (χ0n) is 26.0. The molecule has 10 nitrogen and oxygen atoms in total. The Morgan fingerprint density at radius 1 is 0.761 bits per heavy atom. The molecule has 10 heteroatoms. The van der Waals surface area contributed by atoms with Gasteiger partial charge in [0.25, 0.3) is 0 Å². The highest BCUT2D eigenvalue weighted by atomic mass is 16.5. The van der Waals surface area contributed by atoms with Crippen molar-refractivity contribution in [2.24, 2.45) is 5.92 Å². The molecule has 0 saturated carbocycles. The fourth-order valence-corrected chi connectivity index (χ4v) is 5.37. The van der Waals surface area contributed by atoms with Crippen LogP contribution in [0.15, 0.2) is 91.0 Å². The van der Waals surface area contributed by atoms with Crippen LogP contribution in [-0.4, -0.2) is 53.3 Å². The Kier molecular flexibility index (Phi) is 12.5. The van der Waals surface area contributed by atoms with Crippen LogP contribution in [0, 0.1) is 5.92 Å². The fourth-order valence-electron chi connectivity index (χ4n) is 5.37. The van der Waals surface area contributed by atoms with Crippen LogP contribution in [0.2, 0.25) is 0 Å². The minimum absolute atomic E-state index is 0.0245. The van der Waals surface area contributed by atoms with E-state index < -0.39 is 35.4 Å². The first-order chi connectivity index (χ1) is 22.2. The summed E-state index contributed by atoms with van der Waals surface area (Å²) in [6.07, 6.45) is -0.00932. The van der Waals surface area contributed by atoms with E-state index in [0.717, 1.165) is 16.7 Å². The maximum atomic E-state index is 13.8. The number of hydrogen-bond acceptors (Lipinski definition) is 8. The van der Waals surface area contributed by atoms with Crippen molar-refractivity contribution in [2.45, 2.75) is 64.4 Å². The number of nitrogens with zero attached hydrogens (tertiary/aromatic N) is 1. The minimum Gasteiger partial charge on any atom is -0.461 e. The summed E-state index contributed by atoms with van der Waals surface area (Å²) in [4.78, 5) is 66.5. The summed E-state index contributed by atoms with van der Waals surface area (Å²) in [6.45, 7) is 1.85. The molecule has 2 atom stereocenters. The lowest BCUT2D eigenvalue weighted by Crippen LogP contribution is -2.54. The van der Waals surface area contributed by atoms with Gasteiger partial charge >= 0.3 is 18.0 Å². The summed E-state index contributed by atoms with van der Waals surface area (Å²) in [6, 6.07) is 27.6. The van der Waals surface area contributed by atoms with Crippen LogP contribution in [0.1, 0.15) is 55.7 Å². The molecule has 0 aromatic heterocycles. The lowest BCUT2D eigenvalue weighted by molar-refractivity contribution is -0.154. The first kappa shape index (κ1) is 33.9. The molecular formula is C36H40N2O8. The number of nitrogens with one attached hydrogen (secondary N) is 1. The number of Topliss-reactive ketones (excluding diaryl/α,β-unsaturated/α-hetero) is 1. The van der Waals surface area contributed by atoms with E-state index in [1.807, 2.05) is 91.0 Å². The largest absolute Gasteiger partial charge is 0.461 e. The zero-order chi connectivity index (χ0) is 32.8. The van der Waals surface area contributed by atoms with E-state index in [2.05, 4.69) is 5.32 Å². The molecule has 1 saturated heterocycles. The Morgan fingerprint density at radius 3 is 1.85 bits per heavy atom. The average molecular weight is 629 g/mol. The zero-order valence-corrected chi connectivity index (χ0v) is 26.0. The third kappa shape index (κ3) is 10.0. The van der Waals surface area contributed by atoms with Gasteiger partial charge in [-0.2, -0.15) is 0 Å². The van der Waals surface area contributed by atoms with Gasteiger partial charge < -0.3 is 24.4 Å². The minimum atomic E-state index is -1.18. The van der Waals surface area contributed by atoms with Crippen LogP contribution in [0.25, 0.3) is 0 Å². The van der Waals surface area contributed by atoms with E-state index in [0.29, 0.717) is 19.4 Å². The van der Waals surface area contributed by atoms with E-state index in [9.17, 15) is 24.0 Å². The molecule has 242 valence electrons. The van der Waals surface area contributed by atoms with E-state index in [1.54, 1.807) is 6.92 Å². The van der Waals surface area contributed by atoms with Gasteiger partial charge in [0.05, 0.1) is 11.5 Å². The van der Waals surface area contributed by atoms with Gasteiger partial charge in [0.2, 0.25) is 5.91 Å². The van der Waals surface area contributed by atoms with Crippen molar-refractivity contribution in [1.82, 2.24) is 10.2 Å². The molecule has 0 unspecified atom stereocenters. The van der Waals surface area contributed by atoms with Gasteiger partial charge in [0.15, 0.2) is 5.78 Å². The first-order valence-corrected chi connectivity index (χ1v) is 15.4. The number of likely N-dealkylation sites (tertiary alicyclic amines) is 1. The number of amides is 2. The molecule has 2 amide bonds. The van der Waals surface area contributed by atoms with Crippen LogP contribution in [0.5, 0.6) is 0 Å². The fraction of sp³-hybridized carbons (Fsp3) is 0.361. The third-order valence-electron chi connectivity index (χ3n) is 8.07. The number of rotatable bonds is 15. The molecule has 0 spiro atoms. The lowest BCUT2D eigenvalue weighted by atomic mass is 9.85. The first-order valence-electron chi connectivity index (χ1n) is 15.4. The standard InChI is InChI=1S/C36H40N2O8/c1-36(20-11-21-38(36)32(40)23-37-35(43)46-26-29-16-9-4-10-17-29)31(39)22-30(34(42)45-25-28-14-7-3-8-15-28)18-19-33(41)44-24-27-12-5-2-6-13-27/h2-10,12-17,30H,11,18-26H2,1H3,(H,37,43)/t30-,36+/m1/s1. The second-order valence-electron chi connectivity index (χ2n) is 11.4. The topological polar surface area (TPSA) is 128 Å². The lowest BCUT2D eigenvalue weighted by Gasteiger charge is -2.35. The molecule has 1 N–H and O–H groups in total. The summed E-state index contributed by atoms with van der Waals surface area (Å²) in [5, 5.41) is 2.46. The Morgan fingerprint density at radius 2 is 1.28 bits per heavy atom. The molecule has 1 aliphatic rings. The van der Waals surface area contributed by atoms with Crippen LogP contribution < -0.4 is 5.32 Å². The summed E-state index contributed by atoms with van der Waals surface area (Å²) < 4.78 is 16.1.